The number of methoxy groups -OCH3 is 1. The number of piperazine rings is 1. The second kappa shape index (κ2) is 8.42. The first-order valence-electron chi connectivity index (χ1n) is 8.59. The molecule has 2 aromatic rings. The minimum Gasteiger partial charge on any atom is -0.480 e. The Labute approximate surface area is 158 Å². The molecule has 1 aliphatic rings. The van der Waals surface area contributed by atoms with E-state index >= 15 is 0 Å². The van der Waals surface area contributed by atoms with Crippen molar-refractivity contribution in [3.8, 4) is 5.88 Å². The van der Waals surface area contributed by atoms with Crippen LogP contribution in [-0.4, -0.2) is 56.1 Å². The van der Waals surface area contributed by atoms with E-state index in [1.807, 2.05) is 30.3 Å². The van der Waals surface area contributed by atoms with E-state index in [0.717, 1.165) is 47.5 Å². The number of anilines is 2. The van der Waals surface area contributed by atoms with Crippen LogP contribution < -0.4 is 15.0 Å². The normalized spacial score (nSPS) is 15.0. The van der Waals surface area contributed by atoms with Crippen molar-refractivity contribution in [3.63, 3.8) is 0 Å². The summed E-state index contributed by atoms with van der Waals surface area (Å²) in [6.45, 7) is 5.52. The van der Waals surface area contributed by atoms with E-state index in [0.29, 0.717) is 5.88 Å². The number of pyridine rings is 1. The van der Waals surface area contributed by atoms with E-state index < -0.39 is 0 Å². The number of rotatable bonds is 5. The minimum atomic E-state index is -0.0806. The molecule has 0 radical (unpaired) electrons. The number of nitrogens with one attached hydrogen (secondary N) is 1. The molecule has 0 spiro atoms. The number of carbonyl (C=O) groups excluding carboxylic acids is 1. The number of benzene rings is 1. The van der Waals surface area contributed by atoms with Crippen molar-refractivity contribution in [3.05, 3.63) is 36.4 Å². The van der Waals surface area contributed by atoms with Crippen molar-refractivity contribution >= 4 is 29.2 Å². The summed E-state index contributed by atoms with van der Waals surface area (Å²) in [4.78, 5) is 22.5. The number of amides is 1. The molecule has 1 aliphatic heterocycles. The zero-order chi connectivity index (χ0) is 18.5. The zero-order valence-corrected chi connectivity index (χ0v) is 16.2. The molecule has 1 aromatic heterocycles. The highest BCUT2D eigenvalue weighted by Gasteiger charge is 2.17. The van der Waals surface area contributed by atoms with Crippen LogP contribution >= 0.6 is 11.8 Å². The quantitative estimate of drug-likeness (QED) is 0.871. The standard InChI is InChI=1S/C19H24N4O2S/c1-14(24)20-15-5-4-6-16(13-15)26-17-7-8-18(21-19(17)25-3)23-11-9-22(2)10-12-23/h4-8,13H,9-12H2,1-3H3,(H,20,24). The first kappa shape index (κ1) is 18.5. The SMILES string of the molecule is COc1nc(N2CCN(C)CC2)ccc1Sc1cccc(NC(C)=O)c1. The summed E-state index contributed by atoms with van der Waals surface area (Å²) in [6.07, 6.45) is 0. The van der Waals surface area contributed by atoms with Gasteiger partial charge in [-0.05, 0) is 37.4 Å². The highest BCUT2D eigenvalue weighted by atomic mass is 32.2. The molecule has 138 valence electrons. The van der Waals surface area contributed by atoms with Crippen molar-refractivity contribution in [1.29, 1.82) is 0 Å². The summed E-state index contributed by atoms with van der Waals surface area (Å²) in [5, 5.41) is 2.81. The molecule has 1 N–H and O–H groups in total. The molecular formula is C19H24N4O2S. The van der Waals surface area contributed by atoms with Gasteiger partial charge in [-0.25, -0.2) is 0 Å². The van der Waals surface area contributed by atoms with E-state index in [9.17, 15) is 4.79 Å². The van der Waals surface area contributed by atoms with Gasteiger partial charge in [0.15, 0.2) is 0 Å². The average Bonchev–Trinajstić information content (AvgIpc) is 2.62. The Morgan fingerprint density at radius 1 is 1.19 bits per heavy atom. The number of hydrogen-bond acceptors (Lipinski definition) is 6. The summed E-state index contributed by atoms with van der Waals surface area (Å²) >= 11 is 1.57. The maximum Gasteiger partial charge on any atom is 0.229 e. The van der Waals surface area contributed by atoms with Crippen LogP contribution in [0.25, 0.3) is 0 Å². The van der Waals surface area contributed by atoms with Crippen LogP contribution in [0.2, 0.25) is 0 Å². The van der Waals surface area contributed by atoms with Gasteiger partial charge in [0.05, 0.1) is 12.0 Å². The molecule has 6 nitrogen and oxygen atoms in total. The molecule has 7 heteroatoms. The molecule has 26 heavy (non-hydrogen) atoms. The number of aromatic nitrogens is 1. The van der Waals surface area contributed by atoms with Gasteiger partial charge in [0, 0.05) is 43.7 Å². The van der Waals surface area contributed by atoms with Gasteiger partial charge in [-0.1, -0.05) is 17.8 Å². The summed E-state index contributed by atoms with van der Waals surface area (Å²) in [5.41, 5.74) is 0.781. The van der Waals surface area contributed by atoms with Crippen molar-refractivity contribution < 1.29 is 9.53 Å². The van der Waals surface area contributed by atoms with E-state index in [1.165, 1.54) is 6.92 Å². The minimum absolute atomic E-state index is 0.0806. The van der Waals surface area contributed by atoms with Crippen LogP contribution in [0.15, 0.2) is 46.2 Å². The Kier molecular flexibility index (Phi) is 6.00. The predicted molar refractivity (Wildman–Crippen MR) is 105 cm³/mol. The summed E-state index contributed by atoms with van der Waals surface area (Å²) < 4.78 is 5.53. The molecule has 0 aliphatic carbocycles. The van der Waals surface area contributed by atoms with Gasteiger partial charge in [-0.15, -0.1) is 0 Å². The second-order valence-corrected chi connectivity index (χ2v) is 7.39. The van der Waals surface area contributed by atoms with Gasteiger partial charge in [-0.2, -0.15) is 4.98 Å². The maximum absolute atomic E-state index is 11.2. The molecule has 1 saturated heterocycles. The summed E-state index contributed by atoms with van der Waals surface area (Å²) in [7, 11) is 3.79. The third-order valence-corrected chi connectivity index (χ3v) is 5.23. The molecule has 2 heterocycles. The Hall–Kier alpha value is -2.25. The number of likely N-dealkylation sites (N-methyl/N-ethyl adjacent to an activating group) is 1. The van der Waals surface area contributed by atoms with Gasteiger partial charge >= 0.3 is 0 Å². The molecule has 1 fully saturated rings. The summed E-state index contributed by atoms with van der Waals surface area (Å²) in [5.74, 6) is 1.49. The largest absolute Gasteiger partial charge is 0.480 e. The van der Waals surface area contributed by atoms with Gasteiger partial charge in [0.25, 0.3) is 0 Å². The van der Waals surface area contributed by atoms with E-state index in [1.54, 1.807) is 18.9 Å². The van der Waals surface area contributed by atoms with Crippen LogP contribution in [-0.2, 0) is 4.79 Å². The lowest BCUT2D eigenvalue weighted by Gasteiger charge is -2.33. The lowest BCUT2D eigenvalue weighted by atomic mass is 10.3. The molecule has 1 amide bonds. The fraction of sp³-hybridized carbons (Fsp3) is 0.368. The molecule has 0 saturated carbocycles. The predicted octanol–water partition coefficient (Wildman–Crippen LogP) is 2.95. The molecule has 1 aromatic carbocycles. The number of hydrogen-bond donors (Lipinski definition) is 1. The Balaban J connectivity index is 1.77. The highest BCUT2D eigenvalue weighted by molar-refractivity contribution is 7.99. The molecular weight excluding hydrogens is 348 g/mol. The van der Waals surface area contributed by atoms with Crippen molar-refractivity contribution in [2.24, 2.45) is 0 Å². The first-order valence-corrected chi connectivity index (χ1v) is 9.41. The Morgan fingerprint density at radius 2 is 1.96 bits per heavy atom. The average molecular weight is 372 g/mol. The van der Waals surface area contributed by atoms with Crippen LogP contribution in [0.3, 0.4) is 0 Å². The summed E-state index contributed by atoms with van der Waals surface area (Å²) in [6, 6.07) is 11.8. The number of carbonyl (C=O) groups is 1. The van der Waals surface area contributed by atoms with Crippen LogP contribution in [0.4, 0.5) is 11.5 Å². The Morgan fingerprint density at radius 3 is 2.65 bits per heavy atom. The van der Waals surface area contributed by atoms with Gasteiger partial charge in [0.2, 0.25) is 11.8 Å². The molecule has 3 rings (SSSR count). The smallest absolute Gasteiger partial charge is 0.229 e. The van der Waals surface area contributed by atoms with Crippen LogP contribution in [0.1, 0.15) is 6.92 Å². The van der Waals surface area contributed by atoms with Gasteiger partial charge in [-0.3, -0.25) is 4.79 Å². The van der Waals surface area contributed by atoms with E-state index in [4.69, 9.17) is 9.72 Å². The first-order chi connectivity index (χ1) is 12.5. The lowest BCUT2D eigenvalue weighted by molar-refractivity contribution is -0.114. The fourth-order valence-corrected chi connectivity index (χ4v) is 3.76. The third-order valence-electron chi connectivity index (χ3n) is 4.21. The van der Waals surface area contributed by atoms with E-state index in [2.05, 4.69) is 28.2 Å². The fourth-order valence-electron chi connectivity index (χ4n) is 2.82. The van der Waals surface area contributed by atoms with Gasteiger partial charge < -0.3 is 19.9 Å². The van der Waals surface area contributed by atoms with Gasteiger partial charge in [0.1, 0.15) is 5.82 Å². The van der Waals surface area contributed by atoms with Crippen molar-refractivity contribution in [2.45, 2.75) is 16.7 Å². The topological polar surface area (TPSA) is 57.7 Å². The highest BCUT2D eigenvalue weighted by Crippen LogP contribution is 2.36. The lowest BCUT2D eigenvalue weighted by Crippen LogP contribution is -2.44. The monoisotopic (exact) mass is 372 g/mol. The van der Waals surface area contributed by atoms with Crippen LogP contribution in [0.5, 0.6) is 5.88 Å². The van der Waals surface area contributed by atoms with Crippen molar-refractivity contribution in [2.75, 3.05) is 50.6 Å². The van der Waals surface area contributed by atoms with Crippen LogP contribution in [0, 0.1) is 0 Å². The molecule has 0 atom stereocenters. The molecule has 0 unspecified atom stereocenters. The third kappa shape index (κ3) is 4.68. The Bertz CT molecular complexity index is 776. The molecule has 0 bridgehead atoms. The number of nitrogens with zero attached hydrogens (tertiary/aromatic N) is 3. The second-order valence-electron chi connectivity index (χ2n) is 6.28. The van der Waals surface area contributed by atoms with E-state index in [-0.39, 0.29) is 5.91 Å². The maximum atomic E-state index is 11.2. The van der Waals surface area contributed by atoms with Crippen molar-refractivity contribution in [1.82, 2.24) is 9.88 Å². The number of ether oxygens (including phenoxy) is 1. The zero-order valence-electron chi connectivity index (χ0n) is 15.4.